The molecule has 0 aliphatic carbocycles. The first-order valence-electron chi connectivity index (χ1n) is 6.17. The molecule has 21 heavy (non-hydrogen) atoms. The third-order valence-corrected chi connectivity index (χ3v) is 4.58. The molecule has 0 aliphatic heterocycles. The average molecular weight is 311 g/mol. The van der Waals surface area contributed by atoms with Crippen molar-refractivity contribution in [1.29, 1.82) is 0 Å². The Morgan fingerprint density at radius 1 is 1.43 bits per heavy atom. The Balaban J connectivity index is 2.39. The number of carbonyl (C=O) groups is 1. The van der Waals surface area contributed by atoms with Gasteiger partial charge in [0, 0.05) is 12.7 Å². The molecule has 2 aromatic heterocycles. The van der Waals surface area contributed by atoms with Crippen LogP contribution in [0.5, 0.6) is 0 Å². The normalized spacial score (nSPS) is 12.7. The van der Waals surface area contributed by atoms with Crippen LogP contribution in [0.3, 0.4) is 0 Å². The lowest BCUT2D eigenvalue weighted by molar-refractivity contribution is -0.125. The zero-order valence-corrected chi connectivity index (χ0v) is 12.5. The summed E-state index contributed by atoms with van der Waals surface area (Å²) in [4.78, 5) is 15.2. The molecular formula is C12H17N5O3S. The van der Waals surface area contributed by atoms with E-state index >= 15 is 0 Å². The number of carbonyl (C=O) groups excluding carboxylic acids is 1. The fourth-order valence-electron chi connectivity index (χ4n) is 1.69. The minimum Gasteiger partial charge on any atom is -0.381 e. The van der Waals surface area contributed by atoms with E-state index in [9.17, 15) is 13.2 Å². The molecule has 0 aliphatic rings. The van der Waals surface area contributed by atoms with E-state index in [0.717, 1.165) is 0 Å². The number of sulfonamides is 1. The average Bonchev–Trinajstić information content (AvgIpc) is 2.73. The monoisotopic (exact) mass is 311 g/mol. The summed E-state index contributed by atoms with van der Waals surface area (Å²) in [6.45, 7) is 2.97. The molecule has 0 unspecified atom stereocenters. The number of imidazole rings is 1. The molecule has 2 rings (SSSR count). The van der Waals surface area contributed by atoms with Crippen molar-refractivity contribution >= 4 is 27.4 Å². The number of amides is 1. The number of aromatic nitrogens is 2. The van der Waals surface area contributed by atoms with Gasteiger partial charge in [-0.3, -0.25) is 9.20 Å². The van der Waals surface area contributed by atoms with Crippen molar-refractivity contribution in [2.75, 3.05) is 12.3 Å². The second-order valence-electron chi connectivity index (χ2n) is 5.30. The topological polar surface area (TPSA) is 133 Å². The maximum absolute atomic E-state index is 12.4. The largest absolute Gasteiger partial charge is 0.381 e. The first-order valence-corrected chi connectivity index (χ1v) is 7.65. The maximum atomic E-state index is 12.4. The van der Waals surface area contributed by atoms with E-state index < -0.39 is 21.3 Å². The van der Waals surface area contributed by atoms with Crippen molar-refractivity contribution in [3.8, 4) is 0 Å². The van der Waals surface area contributed by atoms with Crippen molar-refractivity contribution in [1.82, 2.24) is 14.1 Å². The van der Waals surface area contributed by atoms with Crippen molar-refractivity contribution in [2.45, 2.75) is 18.9 Å². The number of hydrogen-bond acceptors (Lipinski definition) is 5. The third-order valence-electron chi connectivity index (χ3n) is 3.14. The predicted octanol–water partition coefficient (Wildman–Crippen LogP) is -0.294. The molecule has 2 aromatic rings. The third kappa shape index (κ3) is 2.83. The van der Waals surface area contributed by atoms with E-state index in [1.807, 2.05) is 0 Å². The van der Waals surface area contributed by atoms with Crippen molar-refractivity contribution in [2.24, 2.45) is 11.1 Å². The smallest absolute Gasteiger partial charge is 0.260 e. The number of pyridine rings is 1. The number of primary amides is 1. The van der Waals surface area contributed by atoms with E-state index in [1.54, 1.807) is 38.2 Å². The molecule has 9 heteroatoms. The Hall–Kier alpha value is -2.13. The quantitative estimate of drug-likeness (QED) is 0.697. The number of hydrogen-bond donors (Lipinski definition) is 3. The van der Waals surface area contributed by atoms with Crippen LogP contribution in [-0.2, 0) is 14.8 Å². The highest BCUT2D eigenvalue weighted by molar-refractivity contribution is 7.89. The van der Waals surface area contributed by atoms with Gasteiger partial charge in [0.05, 0.1) is 5.41 Å². The van der Waals surface area contributed by atoms with Gasteiger partial charge in [-0.1, -0.05) is 6.07 Å². The van der Waals surface area contributed by atoms with Gasteiger partial charge in [-0.25, -0.2) is 18.1 Å². The first-order chi connectivity index (χ1) is 9.65. The second kappa shape index (κ2) is 5.01. The highest BCUT2D eigenvalue weighted by Crippen LogP contribution is 2.21. The molecule has 8 nitrogen and oxygen atoms in total. The molecule has 0 radical (unpaired) electrons. The van der Waals surface area contributed by atoms with Crippen LogP contribution >= 0.6 is 0 Å². The van der Waals surface area contributed by atoms with Crippen molar-refractivity contribution in [3.63, 3.8) is 0 Å². The number of anilines is 1. The molecule has 114 valence electrons. The molecule has 0 saturated carbocycles. The van der Waals surface area contributed by atoms with Gasteiger partial charge in [-0.15, -0.1) is 0 Å². The van der Waals surface area contributed by atoms with Crippen LogP contribution in [-0.4, -0.2) is 30.3 Å². The van der Waals surface area contributed by atoms with Gasteiger partial charge in [0.2, 0.25) is 5.91 Å². The van der Waals surface area contributed by atoms with Crippen LogP contribution in [0, 0.1) is 5.41 Å². The Morgan fingerprint density at radius 2 is 2.10 bits per heavy atom. The summed E-state index contributed by atoms with van der Waals surface area (Å²) >= 11 is 0. The lowest BCUT2D eigenvalue weighted by Crippen LogP contribution is -2.42. The van der Waals surface area contributed by atoms with Gasteiger partial charge in [-0.2, -0.15) is 0 Å². The molecular weight excluding hydrogens is 294 g/mol. The van der Waals surface area contributed by atoms with E-state index in [2.05, 4.69) is 9.71 Å². The molecule has 2 heterocycles. The van der Waals surface area contributed by atoms with Crippen molar-refractivity contribution in [3.05, 3.63) is 24.4 Å². The fourth-order valence-corrected chi connectivity index (χ4v) is 3.11. The molecule has 0 fully saturated rings. The number of nitrogens with two attached hydrogens (primary N) is 2. The van der Waals surface area contributed by atoms with Crippen LogP contribution in [0.25, 0.3) is 5.65 Å². The summed E-state index contributed by atoms with van der Waals surface area (Å²) in [7, 11) is -3.92. The van der Waals surface area contributed by atoms with Crippen LogP contribution < -0.4 is 16.2 Å². The molecule has 0 spiro atoms. The highest BCUT2D eigenvalue weighted by atomic mass is 32.2. The summed E-state index contributed by atoms with van der Waals surface area (Å²) in [6.07, 6.45) is 1.55. The Morgan fingerprint density at radius 3 is 2.71 bits per heavy atom. The van der Waals surface area contributed by atoms with E-state index in [-0.39, 0.29) is 17.4 Å². The summed E-state index contributed by atoms with van der Waals surface area (Å²) < 4.78 is 28.5. The molecule has 0 atom stereocenters. The summed E-state index contributed by atoms with van der Waals surface area (Å²) in [5.74, 6) is -0.707. The SMILES string of the molecule is CC(C)(CNS(=O)(=O)c1c(N)nc2ccccn12)C(N)=O. The van der Waals surface area contributed by atoms with Gasteiger partial charge in [0.1, 0.15) is 5.65 Å². The second-order valence-corrected chi connectivity index (χ2v) is 6.99. The van der Waals surface area contributed by atoms with Gasteiger partial charge in [-0.05, 0) is 26.0 Å². The van der Waals surface area contributed by atoms with Crippen LogP contribution in [0.2, 0.25) is 0 Å². The number of nitrogens with zero attached hydrogens (tertiary/aromatic N) is 2. The Bertz CT molecular complexity index is 794. The lowest BCUT2D eigenvalue weighted by Gasteiger charge is -2.20. The van der Waals surface area contributed by atoms with Crippen LogP contribution in [0.4, 0.5) is 5.82 Å². The van der Waals surface area contributed by atoms with E-state index in [4.69, 9.17) is 11.5 Å². The molecule has 0 aromatic carbocycles. The number of nitrogens with one attached hydrogen (secondary N) is 1. The summed E-state index contributed by atoms with van der Waals surface area (Å²) in [5, 5.41) is -0.154. The van der Waals surface area contributed by atoms with Gasteiger partial charge in [0.25, 0.3) is 10.0 Å². The molecule has 1 amide bonds. The zero-order valence-electron chi connectivity index (χ0n) is 11.7. The van der Waals surface area contributed by atoms with Crippen LogP contribution in [0.1, 0.15) is 13.8 Å². The number of rotatable bonds is 5. The molecule has 5 N–H and O–H groups in total. The number of nitrogen functional groups attached to an aromatic ring is 1. The fraction of sp³-hybridized carbons (Fsp3) is 0.333. The first kappa shape index (κ1) is 15.3. The van der Waals surface area contributed by atoms with E-state index in [1.165, 1.54) is 4.40 Å². The minimum absolute atomic E-state index is 0.106. The predicted molar refractivity (Wildman–Crippen MR) is 77.8 cm³/mol. The van der Waals surface area contributed by atoms with E-state index in [0.29, 0.717) is 5.65 Å². The number of fused-ring (bicyclic) bond motifs is 1. The Labute approximate surface area is 122 Å². The van der Waals surface area contributed by atoms with Gasteiger partial charge >= 0.3 is 0 Å². The lowest BCUT2D eigenvalue weighted by atomic mass is 9.93. The van der Waals surface area contributed by atoms with Crippen molar-refractivity contribution < 1.29 is 13.2 Å². The minimum atomic E-state index is -3.92. The van der Waals surface area contributed by atoms with Gasteiger partial charge in [0.15, 0.2) is 10.8 Å². The standard InChI is InChI=1S/C12H17N5O3S/c1-12(2,11(14)18)7-15-21(19,20)10-9(13)16-8-5-3-4-6-17(8)10/h3-6,15H,7,13H2,1-2H3,(H2,14,18). The molecule has 0 bridgehead atoms. The Kier molecular flexibility index (Phi) is 3.64. The highest BCUT2D eigenvalue weighted by Gasteiger charge is 2.30. The maximum Gasteiger partial charge on any atom is 0.260 e. The zero-order chi connectivity index (χ0) is 15.8. The summed E-state index contributed by atoms with van der Waals surface area (Å²) in [6, 6.07) is 5.03. The van der Waals surface area contributed by atoms with Gasteiger partial charge < -0.3 is 11.5 Å². The molecule has 0 saturated heterocycles. The summed E-state index contributed by atoms with van der Waals surface area (Å²) in [5.41, 5.74) is 10.3. The van der Waals surface area contributed by atoms with Crippen LogP contribution in [0.15, 0.2) is 29.4 Å².